The molecule has 3 heterocycles. The van der Waals surface area contributed by atoms with Crippen LogP contribution in [0.3, 0.4) is 0 Å². The predicted octanol–water partition coefficient (Wildman–Crippen LogP) is 1.64. The van der Waals surface area contributed by atoms with Gasteiger partial charge in [0.1, 0.15) is 5.82 Å². The van der Waals surface area contributed by atoms with Crippen LogP contribution in [0.2, 0.25) is 0 Å². The summed E-state index contributed by atoms with van der Waals surface area (Å²) in [6.07, 6.45) is 4.01. The van der Waals surface area contributed by atoms with Crippen molar-refractivity contribution in [3.05, 3.63) is 23.9 Å². The summed E-state index contributed by atoms with van der Waals surface area (Å²) in [5.74, 6) is 1.02. The number of piperazine rings is 1. The molecule has 104 valence electrons. The number of hydrogen-bond acceptors (Lipinski definition) is 4. The maximum Gasteiger partial charge on any atom is 0.129 e. The summed E-state index contributed by atoms with van der Waals surface area (Å²) in [6.45, 7) is 5.76. The Kier molecular flexibility index (Phi) is 3.71. The molecule has 0 radical (unpaired) electrons. The Morgan fingerprint density at radius 3 is 3.05 bits per heavy atom. The molecule has 0 spiro atoms. The lowest BCUT2D eigenvalue weighted by Gasteiger charge is -2.48. The number of aliphatic hydroxyl groups excluding tert-OH is 1. The van der Waals surface area contributed by atoms with Gasteiger partial charge in [-0.25, -0.2) is 4.98 Å². The van der Waals surface area contributed by atoms with Crippen molar-refractivity contribution in [2.75, 3.05) is 24.5 Å². The van der Waals surface area contributed by atoms with E-state index in [9.17, 15) is 5.11 Å². The van der Waals surface area contributed by atoms with Gasteiger partial charge in [-0.2, -0.15) is 0 Å². The van der Waals surface area contributed by atoms with Crippen LogP contribution in [0.1, 0.15) is 31.9 Å². The topological polar surface area (TPSA) is 39.6 Å². The second kappa shape index (κ2) is 5.47. The lowest BCUT2D eigenvalue weighted by Crippen LogP contribution is -2.59. The van der Waals surface area contributed by atoms with Crippen LogP contribution in [0.15, 0.2) is 18.2 Å². The quantitative estimate of drug-likeness (QED) is 0.878. The highest BCUT2D eigenvalue weighted by Gasteiger charge is 2.33. The van der Waals surface area contributed by atoms with Crippen LogP contribution in [0.25, 0.3) is 0 Å². The van der Waals surface area contributed by atoms with E-state index in [0.717, 1.165) is 24.6 Å². The molecular formula is C15H23N3O. The highest BCUT2D eigenvalue weighted by Crippen LogP contribution is 2.27. The summed E-state index contributed by atoms with van der Waals surface area (Å²) >= 11 is 0. The van der Waals surface area contributed by atoms with Gasteiger partial charge in [0.15, 0.2) is 0 Å². The van der Waals surface area contributed by atoms with E-state index in [1.807, 2.05) is 12.1 Å². The van der Waals surface area contributed by atoms with Crippen LogP contribution < -0.4 is 4.90 Å². The second-order valence-electron chi connectivity index (χ2n) is 5.79. The molecule has 19 heavy (non-hydrogen) atoms. The number of piperidine rings is 1. The molecule has 2 aliphatic heterocycles. The van der Waals surface area contributed by atoms with Crippen LogP contribution in [0, 0.1) is 0 Å². The zero-order valence-electron chi connectivity index (χ0n) is 11.6. The second-order valence-corrected chi connectivity index (χ2v) is 5.79. The maximum atomic E-state index is 9.22. The number of anilines is 1. The van der Waals surface area contributed by atoms with E-state index in [1.54, 1.807) is 0 Å². The number of pyridine rings is 1. The lowest BCUT2D eigenvalue weighted by atomic mass is 9.97. The summed E-state index contributed by atoms with van der Waals surface area (Å²) < 4.78 is 0. The molecule has 2 fully saturated rings. The minimum Gasteiger partial charge on any atom is -0.390 e. The van der Waals surface area contributed by atoms with Crippen LogP contribution in [-0.4, -0.2) is 46.7 Å². The molecule has 1 aromatic rings. The van der Waals surface area contributed by atoms with E-state index in [4.69, 9.17) is 0 Å². The number of aliphatic hydroxyl groups is 1. The fourth-order valence-corrected chi connectivity index (χ4v) is 3.39. The zero-order chi connectivity index (χ0) is 13.2. The first-order chi connectivity index (χ1) is 9.28. The Morgan fingerprint density at radius 2 is 2.21 bits per heavy atom. The van der Waals surface area contributed by atoms with Crippen molar-refractivity contribution in [3.63, 3.8) is 0 Å². The normalized spacial score (nSPS) is 28.2. The van der Waals surface area contributed by atoms with Gasteiger partial charge in [0.05, 0.1) is 12.3 Å². The fourth-order valence-electron chi connectivity index (χ4n) is 3.39. The molecule has 2 atom stereocenters. The summed E-state index contributed by atoms with van der Waals surface area (Å²) in [4.78, 5) is 9.61. The molecule has 2 aliphatic rings. The third-order valence-electron chi connectivity index (χ3n) is 4.44. The SMILES string of the molecule is CC1CN2CCCCC2CN1c1cccc(CO)n1. The van der Waals surface area contributed by atoms with Crippen molar-refractivity contribution in [1.82, 2.24) is 9.88 Å². The summed E-state index contributed by atoms with van der Waals surface area (Å²) in [5.41, 5.74) is 0.760. The fraction of sp³-hybridized carbons (Fsp3) is 0.667. The Morgan fingerprint density at radius 1 is 1.32 bits per heavy atom. The molecule has 0 saturated carbocycles. The van der Waals surface area contributed by atoms with Crippen LogP contribution in [-0.2, 0) is 6.61 Å². The zero-order valence-corrected chi connectivity index (χ0v) is 11.6. The molecule has 0 aromatic carbocycles. The van der Waals surface area contributed by atoms with Gasteiger partial charge in [0.25, 0.3) is 0 Å². The third kappa shape index (κ3) is 2.60. The van der Waals surface area contributed by atoms with Gasteiger partial charge in [-0.15, -0.1) is 0 Å². The largest absolute Gasteiger partial charge is 0.390 e. The first-order valence-corrected chi connectivity index (χ1v) is 7.35. The van der Waals surface area contributed by atoms with E-state index < -0.39 is 0 Å². The van der Waals surface area contributed by atoms with E-state index >= 15 is 0 Å². The van der Waals surface area contributed by atoms with E-state index in [1.165, 1.54) is 25.8 Å². The Labute approximate surface area is 115 Å². The average molecular weight is 261 g/mol. The number of fused-ring (bicyclic) bond motifs is 1. The van der Waals surface area contributed by atoms with Crippen molar-refractivity contribution in [1.29, 1.82) is 0 Å². The monoisotopic (exact) mass is 261 g/mol. The number of rotatable bonds is 2. The number of nitrogens with zero attached hydrogens (tertiary/aromatic N) is 3. The molecule has 4 heteroatoms. The van der Waals surface area contributed by atoms with E-state index in [0.29, 0.717) is 12.1 Å². The van der Waals surface area contributed by atoms with Gasteiger partial charge < -0.3 is 10.0 Å². The van der Waals surface area contributed by atoms with E-state index in [2.05, 4.69) is 27.8 Å². The molecule has 0 aliphatic carbocycles. The molecule has 1 aromatic heterocycles. The Balaban J connectivity index is 1.79. The molecule has 4 nitrogen and oxygen atoms in total. The predicted molar refractivity (Wildman–Crippen MR) is 76.2 cm³/mol. The number of aromatic nitrogens is 1. The van der Waals surface area contributed by atoms with E-state index in [-0.39, 0.29) is 6.61 Å². The van der Waals surface area contributed by atoms with Gasteiger partial charge in [-0.1, -0.05) is 12.5 Å². The first kappa shape index (κ1) is 12.9. The minimum atomic E-state index is 0.0195. The molecule has 3 rings (SSSR count). The Bertz CT molecular complexity index is 437. The van der Waals surface area contributed by atoms with Gasteiger partial charge in [0, 0.05) is 25.2 Å². The smallest absolute Gasteiger partial charge is 0.129 e. The molecule has 0 amide bonds. The van der Waals surface area contributed by atoms with Crippen molar-refractivity contribution in [2.24, 2.45) is 0 Å². The lowest BCUT2D eigenvalue weighted by molar-refractivity contribution is 0.115. The number of hydrogen-bond donors (Lipinski definition) is 1. The van der Waals surface area contributed by atoms with Gasteiger partial charge in [-0.3, -0.25) is 4.90 Å². The van der Waals surface area contributed by atoms with Crippen LogP contribution >= 0.6 is 0 Å². The first-order valence-electron chi connectivity index (χ1n) is 7.35. The molecule has 2 saturated heterocycles. The van der Waals surface area contributed by atoms with Crippen molar-refractivity contribution in [3.8, 4) is 0 Å². The molecule has 2 unspecified atom stereocenters. The van der Waals surface area contributed by atoms with Crippen LogP contribution in [0.4, 0.5) is 5.82 Å². The minimum absolute atomic E-state index is 0.0195. The summed E-state index contributed by atoms with van der Waals surface area (Å²) in [5, 5.41) is 9.22. The maximum absolute atomic E-state index is 9.22. The van der Waals surface area contributed by atoms with Crippen molar-refractivity contribution in [2.45, 2.75) is 44.9 Å². The molecule has 0 bridgehead atoms. The Hall–Kier alpha value is -1.13. The van der Waals surface area contributed by atoms with Crippen molar-refractivity contribution < 1.29 is 5.11 Å². The van der Waals surface area contributed by atoms with Gasteiger partial charge >= 0.3 is 0 Å². The average Bonchev–Trinajstić information content (AvgIpc) is 2.46. The highest BCUT2D eigenvalue weighted by molar-refractivity contribution is 5.41. The summed E-state index contributed by atoms with van der Waals surface area (Å²) in [6, 6.07) is 7.12. The highest BCUT2D eigenvalue weighted by atomic mass is 16.3. The molecular weight excluding hydrogens is 238 g/mol. The standard InChI is InChI=1S/C15H23N3O/c1-12-9-17-8-3-2-6-14(17)10-18(12)15-7-4-5-13(11-19)16-15/h4-5,7,12,14,19H,2-3,6,8-11H2,1H3. The summed E-state index contributed by atoms with van der Waals surface area (Å²) in [7, 11) is 0. The van der Waals surface area contributed by atoms with Gasteiger partial charge in [0.2, 0.25) is 0 Å². The van der Waals surface area contributed by atoms with Crippen molar-refractivity contribution >= 4 is 5.82 Å². The molecule has 1 N–H and O–H groups in total. The van der Waals surface area contributed by atoms with Crippen LogP contribution in [0.5, 0.6) is 0 Å². The third-order valence-corrected chi connectivity index (χ3v) is 4.44. The van der Waals surface area contributed by atoms with Gasteiger partial charge in [-0.05, 0) is 38.4 Å².